The number of methoxy groups -OCH3 is 1. The van der Waals surface area contributed by atoms with Gasteiger partial charge in [0.1, 0.15) is 6.04 Å². The van der Waals surface area contributed by atoms with Gasteiger partial charge >= 0.3 is 5.97 Å². The number of esters is 1. The molecule has 1 aromatic carbocycles. The molecule has 1 aliphatic rings. The van der Waals surface area contributed by atoms with Crippen molar-refractivity contribution < 1.29 is 14.3 Å². The zero-order valence-electron chi connectivity index (χ0n) is 12.5. The molecule has 2 rings (SSSR count). The molecule has 1 aromatic rings. The van der Waals surface area contributed by atoms with Crippen LogP contribution >= 0.6 is 0 Å². The minimum Gasteiger partial charge on any atom is -0.467 e. The summed E-state index contributed by atoms with van der Waals surface area (Å²) in [6.45, 7) is 1.76. The number of benzene rings is 1. The van der Waals surface area contributed by atoms with Gasteiger partial charge in [0.25, 0.3) is 0 Å². The van der Waals surface area contributed by atoms with Crippen LogP contribution in [0.1, 0.15) is 36.9 Å². The van der Waals surface area contributed by atoms with E-state index in [-0.39, 0.29) is 11.9 Å². The molecule has 5 nitrogen and oxygen atoms in total. The quantitative estimate of drug-likeness (QED) is 0.803. The van der Waals surface area contributed by atoms with Crippen LogP contribution in [0.2, 0.25) is 0 Å². The van der Waals surface area contributed by atoms with Crippen molar-refractivity contribution >= 4 is 11.9 Å². The van der Waals surface area contributed by atoms with Crippen molar-refractivity contribution in [2.75, 3.05) is 13.7 Å². The first-order chi connectivity index (χ1) is 10.1. The normalized spacial score (nSPS) is 18.5. The summed E-state index contributed by atoms with van der Waals surface area (Å²) in [4.78, 5) is 22.9. The smallest absolute Gasteiger partial charge is 0.329 e. The highest BCUT2D eigenvalue weighted by atomic mass is 16.5. The predicted molar refractivity (Wildman–Crippen MR) is 79.7 cm³/mol. The van der Waals surface area contributed by atoms with Crippen LogP contribution < -0.4 is 10.6 Å². The Hall–Kier alpha value is -1.88. The minimum absolute atomic E-state index is 0.218. The second-order valence-electron chi connectivity index (χ2n) is 5.33. The van der Waals surface area contributed by atoms with Gasteiger partial charge in [-0.05, 0) is 30.4 Å². The number of rotatable bonds is 5. The molecule has 0 fully saturated rings. The van der Waals surface area contributed by atoms with Gasteiger partial charge in [0.15, 0.2) is 0 Å². The number of carbonyl (C=O) groups is 2. The maximum Gasteiger partial charge on any atom is 0.329 e. The Morgan fingerprint density at radius 1 is 1.38 bits per heavy atom. The number of ether oxygens (including phenoxy) is 1. The van der Waals surface area contributed by atoms with E-state index in [9.17, 15) is 9.59 Å². The number of amides is 1. The zero-order chi connectivity index (χ0) is 15.2. The van der Waals surface area contributed by atoms with Crippen molar-refractivity contribution in [3.05, 3.63) is 35.4 Å². The van der Waals surface area contributed by atoms with Crippen molar-refractivity contribution in [2.45, 2.75) is 38.3 Å². The van der Waals surface area contributed by atoms with E-state index in [2.05, 4.69) is 28.8 Å². The molecular formula is C16H22N2O3. The van der Waals surface area contributed by atoms with Crippen LogP contribution in [0.4, 0.5) is 0 Å². The Kier molecular flexibility index (Phi) is 5.33. The minimum atomic E-state index is -0.651. The summed E-state index contributed by atoms with van der Waals surface area (Å²) in [6, 6.07) is 7.92. The topological polar surface area (TPSA) is 67.4 Å². The number of aryl methyl sites for hydroxylation is 1. The highest BCUT2D eigenvalue weighted by Gasteiger charge is 2.24. The predicted octanol–water partition coefficient (Wildman–Crippen LogP) is 1.33. The van der Waals surface area contributed by atoms with Gasteiger partial charge in [-0.15, -0.1) is 0 Å². The van der Waals surface area contributed by atoms with E-state index in [0.29, 0.717) is 6.54 Å². The van der Waals surface area contributed by atoms with Crippen LogP contribution in [0.25, 0.3) is 0 Å². The molecule has 2 atom stereocenters. The Morgan fingerprint density at radius 2 is 2.14 bits per heavy atom. The number of fused-ring (bicyclic) bond motifs is 1. The SMILES string of the molecule is COC(=O)C(CNC1CCCc2ccccc21)NC(C)=O. The monoisotopic (exact) mass is 290 g/mol. The van der Waals surface area contributed by atoms with E-state index in [1.165, 1.54) is 25.2 Å². The molecule has 0 radical (unpaired) electrons. The number of hydrogen-bond donors (Lipinski definition) is 2. The second kappa shape index (κ2) is 7.22. The van der Waals surface area contributed by atoms with E-state index < -0.39 is 12.0 Å². The highest BCUT2D eigenvalue weighted by molar-refractivity contribution is 5.83. The Labute approximate surface area is 125 Å². The summed E-state index contributed by atoms with van der Waals surface area (Å²) in [5, 5.41) is 6.00. The first kappa shape index (κ1) is 15.5. The van der Waals surface area contributed by atoms with Crippen molar-refractivity contribution in [3.8, 4) is 0 Å². The molecule has 1 amide bonds. The maximum atomic E-state index is 11.7. The van der Waals surface area contributed by atoms with Gasteiger partial charge in [0, 0.05) is 19.5 Å². The Morgan fingerprint density at radius 3 is 2.86 bits per heavy atom. The van der Waals surface area contributed by atoms with Gasteiger partial charge < -0.3 is 15.4 Å². The lowest BCUT2D eigenvalue weighted by molar-refractivity contribution is -0.144. The zero-order valence-corrected chi connectivity index (χ0v) is 12.5. The molecular weight excluding hydrogens is 268 g/mol. The fraction of sp³-hybridized carbons (Fsp3) is 0.500. The van der Waals surface area contributed by atoms with Crippen molar-refractivity contribution in [1.29, 1.82) is 0 Å². The number of carbonyl (C=O) groups excluding carboxylic acids is 2. The molecule has 0 saturated carbocycles. The molecule has 21 heavy (non-hydrogen) atoms. The Balaban J connectivity index is 2.01. The first-order valence-electron chi connectivity index (χ1n) is 7.28. The van der Waals surface area contributed by atoms with Crippen molar-refractivity contribution in [2.24, 2.45) is 0 Å². The lowest BCUT2D eigenvalue weighted by Crippen LogP contribution is -2.48. The summed E-state index contributed by atoms with van der Waals surface area (Å²) < 4.78 is 4.73. The molecule has 0 aromatic heterocycles. The van der Waals surface area contributed by atoms with Gasteiger partial charge in [-0.3, -0.25) is 4.79 Å². The molecule has 0 bridgehead atoms. The van der Waals surface area contributed by atoms with Crippen LogP contribution in [0.5, 0.6) is 0 Å². The fourth-order valence-electron chi connectivity index (χ4n) is 2.81. The van der Waals surface area contributed by atoms with E-state index >= 15 is 0 Å². The van der Waals surface area contributed by atoms with Crippen LogP contribution in [0.15, 0.2) is 24.3 Å². The molecule has 114 valence electrons. The molecule has 0 saturated heterocycles. The second-order valence-corrected chi connectivity index (χ2v) is 5.33. The first-order valence-corrected chi connectivity index (χ1v) is 7.28. The van der Waals surface area contributed by atoms with Gasteiger partial charge in [-0.2, -0.15) is 0 Å². The third-order valence-corrected chi connectivity index (χ3v) is 3.80. The third-order valence-electron chi connectivity index (χ3n) is 3.80. The average Bonchev–Trinajstić information content (AvgIpc) is 2.50. The van der Waals surface area contributed by atoms with Crippen LogP contribution in [-0.4, -0.2) is 31.6 Å². The van der Waals surface area contributed by atoms with Crippen molar-refractivity contribution in [1.82, 2.24) is 10.6 Å². The number of hydrogen-bond acceptors (Lipinski definition) is 4. The van der Waals surface area contributed by atoms with E-state index in [0.717, 1.165) is 19.3 Å². The third kappa shape index (κ3) is 4.04. The summed E-state index contributed by atoms with van der Waals surface area (Å²) in [7, 11) is 1.33. The average molecular weight is 290 g/mol. The van der Waals surface area contributed by atoms with Crippen molar-refractivity contribution in [3.63, 3.8) is 0 Å². The van der Waals surface area contributed by atoms with E-state index in [4.69, 9.17) is 4.74 Å². The molecule has 0 heterocycles. The molecule has 2 unspecified atom stereocenters. The summed E-state index contributed by atoms with van der Waals surface area (Å²) in [5.74, 6) is -0.668. The molecule has 5 heteroatoms. The van der Waals surface area contributed by atoms with E-state index in [1.54, 1.807) is 0 Å². The molecule has 2 N–H and O–H groups in total. The Bertz CT molecular complexity index is 516. The largest absolute Gasteiger partial charge is 0.467 e. The van der Waals surface area contributed by atoms with Gasteiger partial charge in [0.2, 0.25) is 5.91 Å². The molecule has 1 aliphatic carbocycles. The summed E-state index contributed by atoms with van der Waals surface area (Å²) in [6.07, 6.45) is 3.25. The van der Waals surface area contributed by atoms with Crippen LogP contribution in [0, 0.1) is 0 Å². The van der Waals surface area contributed by atoms with Crippen LogP contribution in [0.3, 0.4) is 0 Å². The summed E-state index contributed by atoms with van der Waals surface area (Å²) in [5.41, 5.74) is 2.64. The molecule has 0 spiro atoms. The molecule has 0 aliphatic heterocycles. The van der Waals surface area contributed by atoms with Gasteiger partial charge in [-0.1, -0.05) is 24.3 Å². The maximum absolute atomic E-state index is 11.7. The highest BCUT2D eigenvalue weighted by Crippen LogP contribution is 2.29. The van der Waals surface area contributed by atoms with E-state index in [1.807, 2.05) is 6.07 Å². The summed E-state index contributed by atoms with van der Waals surface area (Å²) >= 11 is 0. The fourth-order valence-corrected chi connectivity index (χ4v) is 2.81. The standard InChI is InChI=1S/C16H22N2O3/c1-11(19)18-15(16(20)21-2)10-17-14-9-5-7-12-6-3-4-8-13(12)14/h3-4,6,8,14-15,17H,5,7,9-10H2,1-2H3,(H,18,19). The van der Waals surface area contributed by atoms with Gasteiger partial charge in [0.05, 0.1) is 7.11 Å². The lowest BCUT2D eigenvalue weighted by atomic mass is 9.87. The van der Waals surface area contributed by atoms with Gasteiger partial charge in [-0.25, -0.2) is 4.79 Å². The number of nitrogens with one attached hydrogen (secondary N) is 2. The lowest BCUT2D eigenvalue weighted by Gasteiger charge is -2.28. The van der Waals surface area contributed by atoms with Crippen LogP contribution in [-0.2, 0) is 20.7 Å².